The molecule has 0 unspecified atom stereocenters. The van der Waals surface area contributed by atoms with Crippen LogP contribution in [0.4, 0.5) is 5.13 Å². The molecule has 0 aliphatic carbocycles. The first-order valence-electron chi connectivity index (χ1n) is 5.98. The van der Waals surface area contributed by atoms with E-state index in [1.165, 1.54) is 11.3 Å². The van der Waals surface area contributed by atoms with Gasteiger partial charge in [0.2, 0.25) is 5.13 Å². The van der Waals surface area contributed by atoms with Gasteiger partial charge in [-0.15, -0.1) is 10.2 Å². The Kier molecular flexibility index (Phi) is 4.60. The van der Waals surface area contributed by atoms with Crippen LogP contribution < -0.4 is 5.73 Å². The fourth-order valence-corrected chi connectivity index (χ4v) is 3.27. The van der Waals surface area contributed by atoms with E-state index in [1.54, 1.807) is 11.8 Å². The van der Waals surface area contributed by atoms with Gasteiger partial charge < -0.3 is 5.73 Å². The van der Waals surface area contributed by atoms with Crippen molar-refractivity contribution in [1.29, 1.82) is 0 Å². The minimum Gasteiger partial charge on any atom is -0.374 e. The standard InChI is InChI=1S/C11H17N5S2/c1-3-9(4-2)16-6-5-8(15-16)7-17-11-14-13-10(12)18-11/h5-6,9H,3-4,7H2,1-2H3,(H2,12,13). The van der Waals surface area contributed by atoms with Crippen molar-refractivity contribution >= 4 is 28.2 Å². The summed E-state index contributed by atoms with van der Waals surface area (Å²) in [6.45, 7) is 4.38. The lowest BCUT2D eigenvalue weighted by molar-refractivity contribution is 0.426. The number of rotatable bonds is 6. The zero-order valence-electron chi connectivity index (χ0n) is 10.5. The van der Waals surface area contributed by atoms with Crippen LogP contribution in [0.25, 0.3) is 0 Å². The molecular formula is C11H17N5S2. The van der Waals surface area contributed by atoms with Crippen molar-refractivity contribution in [2.75, 3.05) is 5.73 Å². The molecule has 2 aromatic rings. The van der Waals surface area contributed by atoms with Crippen LogP contribution in [0.2, 0.25) is 0 Å². The summed E-state index contributed by atoms with van der Waals surface area (Å²) in [4.78, 5) is 0. The second-order valence-corrected chi connectivity index (χ2v) is 6.18. The van der Waals surface area contributed by atoms with E-state index in [0.29, 0.717) is 11.2 Å². The molecule has 0 radical (unpaired) electrons. The Morgan fingerprint density at radius 2 is 2.17 bits per heavy atom. The van der Waals surface area contributed by atoms with Crippen molar-refractivity contribution in [3.8, 4) is 0 Å². The number of nitrogens with two attached hydrogens (primary N) is 1. The third-order valence-corrected chi connectivity index (χ3v) is 4.67. The molecule has 2 rings (SSSR count). The SMILES string of the molecule is CCC(CC)n1ccc(CSc2nnc(N)s2)n1. The monoisotopic (exact) mass is 283 g/mol. The van der Waals surface area contributed by atoms with Gasteiger partial charge in [0, 0.05) is 11.9 Å². The van der Waals surface area contributed by atoms with Crippen LogP contribution in [0.5, 0.6) is 0 Å². The van der Waals surface area contributed by atoms with Crippen LogP contribution in [0.1, 0.15) is 38.4 Å². The third-order valence-electron chi connectivity index (χ3n) is 2.75. The molecule has 0 fully saturated rings. The Balaban J connectivity index is 1.94. The lowest BCUT2D eigenvalue weighted by atomic mass is 10.2. The summed E-state index contributed by atoms with van der Waals surface area (Å²) in [7, 11) is 0. The van der Waals surface area contributed by atoms with Crippen molar-refractivity contribution in [3.63, 3.8) is 0 Å². The summed E-state index contributed by atoms with van der Waals surface area (Å²) in [5.74, 6) is 0.807. The third kappa shape index (κ3) is 3.23. The van der Waals surface area contributed by atoms with Crippen LogP contribution in [0, 0.1) is 0 Å². The number of nitrogens with zero attached hydrogens (tertiary/aromatic N) is 4. The van der Waals surface area contributed by atoms with Crippen molar-refractivity contribution in [3.05, 3.63) is 18.0 Å². The predicted molar refractivity (Wildman–Crippen MR) is 75.7 cm³/mol. The predicted octanol–water partition coefficient (Wildman–Crippen LogP) is 2.97. The normalized spacial score (nSPS) is 11.3. The number of aromatic nitrogens is 4. The van der Waals surface area contributed by atoms with E-state index in [0.717, 1.165) is 28.6 Å². The summed E-state index contributed by atoms with van der Waals surface area (Å²) in [6, 6.07) is 2.57. The first kappa shape index (κ1) is 13.4. The van der Waals surface area contributed by atoms with Gasteiger partial charge in [0.05, 0.1) is 11.7 Å². The Morgan fingerprint density at radius 3 is 2.78 bits per heavy atom. The largest absolute Gasteiger partial charge is 0.374 e. The number of hydrogen-bond donors (Lipinski definition) is 1. The van der Waals surface area contributed by atoms with E-state index in [4.69, 9.17) is 5.73 Å². The fourth-order valence-electron chi connectivity index (χ4n) is 1.73. The van der Waals surface area contributed by atoms with Gasteiger partial charge in [-0.1, -0.05) is 36.9 Å². The molecule has 0 spiro atoms. The molecule has 5 nitrogen and oxygen atoms in total. The molecule has 0 saturated heterocycles. The first-order chi connectivity index (χ1) is 8.72. The van der Waals surface area contributed by atoms with Gasteiger partial charge in [-0.25, -0.2) is 0 Å². The van der Waals surface area contributed by atoms with Gasteiger partial charge in [0.15, 0.2) is 4.34 Å². The van der Waals surface area contributed by atoms with Crippen molar-refractivity contribution < 1.29 is 0 Å². The zero-order chi connectivity index (χ0) is 13.0. The van der Waals surface area contributed by atoms with Crippen LogP contribution in [0.3, 0.4) is 0 Å². The molecule has 7 heteroatoms. The number of anilines is 1. The lowest BCUT2D eigenvalue weighted by Gasteiger charge is -2.12. The maximum atomic E-state index is 5.54. The second kappa shape index (κ2) is 6.19. The van der Waals surface area contributed by atoms with Gasteiger partial charge in [-0.3, -0.25) is 4.68 Å². The number of hydrogen-bond acceptors (Lipinski definition) is 6. The molecular weight excluding hydrogens is 266 g/mol. The van der Waals surface area contributed by atoms with Gasteiger partial charge in [-0.05, 0) is 18.9 Å². The van der Waals surface area contributed by atoms with E-state index >= 15 is 0 Å². The molecule has 0 saturated carbocycles. The molecule has 0 amide bonds. The summed E-state index contributed by atoms with van der Waals surface area (Å²) in [5.41, 5.74) is 6.61. The van der Waals surface area contributed by atoms with Crippen LogP contribution in [0.15, 0.2) is 16.6 Å². The topological polar surface area (TPSA) is 69.6 Å². The molecule has 18 heavy (non-hydrogen) atoms. The number of nitrogen functional groups attached to an aromatic ring is 1. The van der Waals surface area contributed by atoms with Gasteiger partial charge in [0.25, 0.3) is 0 Å². The lowest BCUT2D eigenvalue weighted by Crippen LogP contribution is -2.07. The summed E-state index contributed by atoms with van der Waals surface area (Å²) in [6.07, 6.45) is 4.28. The highest BCUT2D eigenvalue weighted by molar-refractivity contribution is 8.00. The highest BCUT2D eigenvalue weighted by Crippen LogP contribution is 2.26. The molecule has 0 aromatic carbocycles. The summed E-state index contributed by atoms with van der Waals surface area (Å²) >= 11 is 3.04. The minimum absolute atomic E-state index is 0.501. The second-order valence-electron chi connectivity index (χ2n) is 3.95. The molecule has 2 aromatic heterocycles. The smallest absolute Gasteiger partial charge is 0.203 e. The van der Waals surface area contributed by atoms with Crippen molar-refractivity contribution in [2.24, 2.45) is 0 Å². The van der Waals surface area contributed by atoms with Crippen molar-refractivity contribution in [2.45, 2.75) is 42.8 Å². The molecule has 0 bridgehead atoms. The van der Waals surface area contributed by atoms with E-state index in [1.807, 2.05) is 0 Å². The zero-order valence-corrected chi connectivity index (χ0v) is 12.2. The maximum Gasteiger partial charge on any atom is 0.203 e. The highest BCUT2D eigenvalue weighted by Gasteiger charge is 2.09. The average molecular weight is 283 g/mol. The minimum atomic E-state index is 0.501. The summed E-state index contributed by atoms with van der Waals surface area (Å²) < 4.78 is 2.95. The maximum absolute atomic E-state index is 5.54. The van der Waals surface area contributed by atoms with Gasteiger partial charge in [-0.2, -0.15) is 5.10 Å². The fraction of sp³-hybridized carbons (Fsp3) is 0.545. The van der Waals surface area contributed by atoms with Crippen LogP contribution in [-0.4, -0.2) is 20.0 Å². The molecule has 98 valence electrons. The molecule has 0 atom stereocenters. The first-order valence-corrected chi connectivity index (χ1v) is 7.79. The molecule has 2 heterocycles. The van der Waals surface area contributed by atoms with Crippen LogP contribution >= 0.6 is 23.1 Å². The van der Waals surface area contributed by atoms with E-state index in [9.17, 15) is 0 Å². The molecule has 2 N–H and O–H groups in total. The Hall–Kier alpha value is -1.08. The highest BCUT2D eigenvalue weighted by atomic mass is 32.2. The molecule has 0 aliphatic heterocycles. The van der Waals surface area contributed by atoms with E-state index < -0.39 is 0 Å². The average Bonchev–Trinajstić information content (AvgIpc) is 2.98. The number of thioether (sulfide) groups is 1. The van der Waals surface area contributed by atoms with Crippen LogP contribution in [-0.2, 0) is 5.75 Å². The Bertz CT molecular complexity index is 489. The van der Waals surface area contributed by atoms with E-state index in [2.05, 4.69) is 46.1 Å². The van der Waals surface area contributed by atoms with Gasteiger partial charge >= 0.3 is 0 Å². The Morgan fingerprint density at radius 1 is 1.39 bits per heavy atom. The van der Waals surface area contributed by atoms with Gasteiger partial charge in [0.1, 0.15) is 0 Å². The van der Waals surface area contributed by atoms with Crippen molar-refractivity contribution in [1.82, 2.24) is 20.0 Å². The van der Waals surface area contributed by atoms with E-state index in [-0.39, 0.29) is 0 Å². The Labute approximate surface area is 115 Å². The molecule has 0 aliphatic rings. The quantitative estimate of drug-likeness (QED) is 0.825. The summed E-state index contributed by atoms with van der Waals surface area (Å²) in [5, 5.41) is 12.9.